The SMILES string of the molecule is CC(CN1CCCCC1)NC(=O)c1cccc(S(=O)(=O)Nc2ccccc2F)c1. The van der Waals surface area contributed by atoms with Crippen molar-refractivity contribution in [1.29, 1.82) is 0 Å². The van der Waals surface area contributed by atoms with E-state index in [2.05, 4.69) is 14.9 Å². The van der Waals surface area contributed by atoms with Crippen LogP contribution in [0.3, 0.4) is 0 Å². The summed E-state index contributed by atoms with van der Waals surface area (Å²) in [5.41, 5.74) is 0.101. The van der Waals surface area contributed by atoms with Gasteiger partial charge in [0.15, 0.2) is 0 Å². The number of anilines is 1. The fraction of sp³-hybridized carbons (Fsp3) is 0.381. The van der Waals surface area contributed by atoms with E-state index < -0.39 is 15.8 Å². The summed E-state index contributed by atoms with van der Waals surface area (Å²) in [6.45, 7) is 4.77. The molecule has 29 heavy (non-hydrogen) atoms. The molecule has 0 spiro atoms. The average Bonchev–Trinajstić information content (AvgIpc) is 2.70. The van der Waals surface area contributed by atoms with Crippen LogP contribution < -0.4 is 10.0 Å². The van der Waals surface area contributed by atoms with E-state index in [9.17, 15) is 17.6 Å². The van der Waals surface area contributed by atoms with Crippen LogP contribution in [0.4, 0.5) is 10.1 Å². The Bertz CT molecular complexity index is 959. The minimum Gasteiger partial charge on any atom is -0.348 e. The van der Waals surface area contributed by atoms with E-state index in [1.807, 2.05) is 6.92 Å². The van der Waals surface area contributed by atoms with Crippen LogP contribution in [-0.2, 0) is 10.0 Å². The Morgan fingerprint density at radius 1 is 1.10 bits per heavy atom. The van der Waals surface area contributed by atoms with Crippen molar-refractivity contribution in [3.63, 3.8) is 0 Å². The van der Waals surface area contributed by atoms with Gasteiger partial charge in [-0.2, -0.15) is 0 Å². The second kappa shape index (κ2) is 9.37. The van der Waals surface area contributed by atoms with Gasteiger partial charge in [0.2, 0.25) is 0 Å². The summed E-state index contributed by atoms with van der Waals surface area (Å²) in [4.78, 5) is 14.8. The normalized spacial score (nSPS) is 16.2. The van der Waals surface area contributed by atoms with Gasteiger partial charge in [-0.15, -0.1) is 0 Å². The molecule has 2 aromatic carbocycles. The van der Waals surface area contributed by atoms with Crippen molar-refractivity contribution < 1.29 is 17.6 Å². The summed E-state index contributed by atoms with van der Waals surface area (Å²) in [6, 6.07) is 11.2. The molecule has 0 bridgehead atoms. The molecule has 1 atom stereocenters. The fourth-order valence-electron chi connectivity index (χ4n) is 3.43. The molecule has 6 nitrogen and oxygen atoms in total. The van der Waals surface area contributed by atoms with Gasteiger partial charge in [0, 0.05) is 18.2 Å². The monoisotopic (exact) mass is 419 g/mol. The Kier molecular flexibility index (Phi) is 6.87. The number of rotatable bonds is 7. The summed E-state index contributed by atoms with van der Waals surface area (Å²) in [5.74, 6) is -1.01. The summed E-state index contributed by atoms with van der Waals surface area (Å²) in [5, 5.41) is 2.93. The van der Waals surface area contributed by atoms with Crippen LogP contribution in [0, 0.1) is 5.82 Å². The van der Waals surface area contributed by atoms with Crippen molar-refractivity contribution in [1.82, 2.24) is 10.2 Å². The number of sulfonamides is 1. The number of likely N-dealkylation sites (tertiary alicyclic amines) is 1. The molecule has 2 N–H and O–H groups in total. The smallest absolute Gasteiger partial charge is 0.262 e. The number of carbonyl (C=O) groups excluding carboxylic acids is 1. The van der Waals surface area contributed by atoms with Crippen molar-refractivity contribution in [3.05, 3.63) is 59.9 Å². The molecule has 1 fully saturated rings. The van der Waals surface area contributed by atoms with Gasteiger partial charge >= 0.3 is 0 Å². The molecule has 1 unspecified atom stereocenters. The standard InChI is InChI=1S/C21H26FN3O3S/c1-16(15-25-12-5-2-6-13-25)23-21(26)17-8-7-9-18(14-17)29(27,28)24-20-11-4-3-10-19(20)22/h3-4,7-11,14,16,24H,2,5-6,12-13,15H2,1H3,(H,23,26). The molecule has 0 radical (unpaired) electrons. The van der Waals surface area contributed by atoms with E-state index >= 15 is 0 Å². The first-order valence-electron chi connectivity index (χ1n) is 9.76. The van der Waals surface area contributed by atoms with Crippen molar-refractivity contribution in [3.8, 4) is 0 Å². The van der Waals surface area contributed by atoms with Crippen molar-refractivity contribution in [2.75, 3.05) is 24.4 Å². The van der Waals surface area contributed by atoms with Crippen LogP contribution in [0.5, 0.6) is 0 Å². The van der Waals surface area contributed by atoms with Crippen LogP contribution in [0.25, 0.3) is 0 Å². The lowest BCUT2D eigenvalue weighted by Crippen LogP contribution is -2.43. The first-order chi connectivity index (χ1) is 13.8. The zero-order chi connectivity index (χ0) is 20.9. The van der Waals surface area contributed by atoms with E-state index in [0.29, 0.717) is 0 Å². The molecule has 0 aliphatic carbocycles. The van der Waals surface area contributed by atoms with Crippen molar-refractivity contribution >= 4 is 21.6 Å². The maximum Gasteiger partial charge on any atom is 0.262 e. The van der Waals surface area contributed by atoms with Gasteiger partial charge in [-0.1, -0.05) is 24.6 Å². The summed E-state index contributed by atoms with van der Waals surface area (Å²) < 4.78 is 41.2. The number of hydrogen-bond donors (Lipinski definition) is 2. The maximum atomic E-state index is 13.8. The molecular formula is C21H26FN3O3S. The number of hydrogen-bond acceptors (Lipinski definition) is 4. The number of para-hydroxylation sites is 1. The Morgan fingerprint density at radius 3 is 2.55 bits per heavy atom. The maximum absolute atomic E-state index is 13.8. The zero-order valence-corrected chi connectivity index (χ0v) is 17.2. The number of piperidine rings is 1. The van der Waals surface area contributed by atoms with Gasteiger partial charge in [-0.25, -0.2) is 12.8 Å². The van der Waals surface area contributed by atoms with Crippen LogP contribution >= 0.6 is 0 Å². The molecule has 1 heterocycles. The predicted octanol–water partition coefficient (Wildman–Crippen LogP) is 3.23. The molecule has 2 aromatic rings. The second-order valence-corrected chi connectivity index (χ2v) is 9.03. The first-order valence-corrected chi connectivity index (χ1v) is 11.2. The van der Waals surface area contributed by atoms with Gasteiger partial charge < -0.3 is 10.2 Å². The Morgan fingerprint density at radius 2 is 1.83 bits per heavy atom. The van der Waals surface area contributed by atoms with Crippen LogP contribution in [0.1, 0.15) is 36.5 Å². The highest BCUT2D eigenvalue weighted by atomic mass is 32.2. The van der Waals surface area contributed by atoms with Gasteiger partial charge in [-0.3, -0.25) is 9.52 Å². The third kappa shape index (κ3) is 5.77. The highest BCUT2D eigenvalue weighted by molar-refractivity contribution is 7.92. The lowest BCUT2D eigenvalue weighted by Gasteiger charge is -2.29. The summed E-state index contributed by atoms with van der Waals surface area (Å²) >= 11 is 0. The lowest BCUT2D eigenvalue weighted by atomic mass is 10.1. The van der Waals surface area contributed by atoms with E-state index in [1.54, 1.807) is 6.07 Å². The van der Waals surface area contributed by atoms with Crippen molar-refractivity contribution in [2.45, 2.75) is 37.1 Å². The van der Waals surface area contributed by atoms with E-state index in [1.165, 1.54) is 61.7 Å². The molecule has 8 heteroatoms. The lowest BCUT2D eigenvalue weighted by molar-refractivity contribution is 0.0925. The minimum atomic E-state index is -4.02. The van der Waals surface area contributed by atoms with Crippen LogP contribution in [0.2, 0.25) is 0 Å². The average molecular weight is 420 g/mol. The number of benzene rings is 2. The highest BCUT2D eigenvalue weighted by Crippen LogP contribution is 2.19. The van der Waals surface area contributed by atoms with E-state index in [-0.39, 0.29) is 28.1 Å². The molecule has 1 aliphatic heterocycles. The van der Waals surface area contributed by atoms with Crippen LogP contribution in [-0.4, -0.2) is 44.9 Å². The van der Waals surface area contributed by atoms with Gasteiger partial charge in [0.25, 0.3) is 15.9 Å². The molecule has 0 aromatic heterocycles. The van der Waals surface area contributed by atoms with Crippen LogP contribution in [0.15, 0.2) is 53.4 Å². The first kappa shape index (κ1) is 21.3. The topological polar surface area (TPSA) is 78.5 Å². The number of nitrogens with one attached hydrogen (secondary N) is 2. The highest BCUT2D eigenvalue weighted by Gasteiger charge is 2.19. The Labute approximate surface area is 171 Å². The molecule has 0 saturated carbocycles. The third-order valence-corrected chi connectivity index (χ3v) is 6.25. The molecular weight excluding hydrogens is 393 g/mol. The zero-order valence-electron chi connectivity index (χ0n) is 16.4. The van der Waals surface area contributed by atoms with E-state index in [0.717, 1.165) is 19.6 Å². The largest absolute Gasteiger partial charge is 0.348 e. The number of amides is 1. The number of carbonyl (C=O) groups is 1. The Hall–Kier alpha value is -2.45. The molecule has 3 rings (SSSR count). The number of nitrogens with zero attached hydrogens (tertiary/aromatic N) is 1. The molecule has 1 aliphatic rings. The molecule has 1 amide bonds. The van der Waals surface area contributed by atoms with Gasteiger partial charge in [0.1, 0.15) is 5.82 Å². The van der Waals surface area contributed by atoms with Gasteiger partial charge in [0.05, 0.1) is 10.6 Å². The predicted molar refractivity (Wildman–Crippen MR) is 111 cm³/mol. The van der Waals surface area contributed by atoms with Gasteiger partial charge in [-0.05, 0) is 63.2 Å². The third-order valence-electron chi connectivity index (χ3n) is 4.88. The summed E-state index contributed by atoms with van der Waals surface area (Å²) in [6.07, 6.45) is 3.60. The Balaban J connectivity index is 1.67. The minimum absolute atomic E-state index is 0.0580. The molecule has 156 valence electrons. The molecule has 1 saturated heterocycles. The fourth-order valence-corrected chi connectivity index (χ4v) is 4.55. The van der Waals surface area contributed by atoms with E-state index in [4.69, 9.17) is 0 Å². The number of halogens is 1. The summed E-state index contributed by atoms with van der Waals surface area (Å²) in [7, 11) is -4.02. The quantitative estimate of drug-likeness (QED) is 0.722. The van der Waals surface area contributed by atoms with Crippen molar-refractivity contribution in [2.24, 2.45) is 0 Å². The second-order valence-electron chi connectivity index (χ2n) is 7.35.